The van der Waals surface area contributed by atoms with Gasteiger partial charge in [0.2, 0.25) is 0 Å². The summed E-state index contributed by atoms with van der Waals surface area (Å²) in [5.41, 5.74) is 4.23. The van der Waals surface area contributed by atoms with Crippen LogP contribution in [0.4, 0.5) is 0 Å². The quantitative estimate of drug-likeness (QED) is 0.817. The summed E-state index contributed by atoms with van der Waals surface area (Å²) in [5, 5.41) is 0. The average molecular weight is 323 g/mol. The number of rotatable bonds is 4. The maximum atomic E-state index is 12.5. The molecule has 1 aliphatic heterocycles. The van der Waals surface area contributed by atoms with Gasteiger partial charge in [-0.2, -0.15) is 0 Å². The van der Waals surface area contributed by atoms with Crippen molar-refractivity contribution in [3.63, 3.8) is 0 Å². The summed E-state index contributed by atoms with van der Waals surface area (Å²) < 4.78 is 5.34. The van der Waals surface area contributed by atoms with Crippen molar-refractivity contribution in [2.45, 2.75) is 32.3 Å². The van der Waals surface area contributed by atoms with Gasteiger partial charge < -0.3 is 9.64 Å². The van der Waals surface area contributed by atoms with Gasteiger partial charge in [0.15, 0.2) is 0 Å². The molecule has 126 valence electrons. The summed E-state index contributed by atoms with van der Waals surface area (Å²) in [6.07, 6.45) is 3.58. The number of hydrogen-bond acceptors (Lipinski definition) is 2. The molecule has 0 N–H and O–H groups in total. The Bertz CT molecular complexity index is 670. The molecule has 0 bridgehead atoms. The maximum absolute atomic E-state index is 12.5. The highest BCUT2D eigenvalue weighted by Gasteiger charge is 2.17. The molecule has 0 unspecified atom stereocenters. The zero-order chi connectivity index (χ0) is 16.9. The van der Waals surface area contributed by atoms with Crippen molar-refractivity contribution in [3.05, 3.63) is 59.7 Å². The predicted molar refractivity (Wildman–Crippen MR) is 97.1 cm³/mol. The first-order chi connectivity index (χ1) is 11.7. The Balaban J connectivity index is 1.73. The van der Waals surface area contributed by atoms with Crippen molar-refractivity contribution in [1.82, 2.24) is 4.90 Å². The first kappa shape index (κ1) is 16.7. The number of methoxy groups -OCH3 is 1. The number of ether oxygens (including phenoxy) is 1. The molecule has 0 saturated carbocycles. The molecular formula is C21H25NO2. The molecule has 0 aliphatic carbocycles. The highest BCUT2D eigenvalue weighted by molar-refractivity contribution is 5.94. The van der Waals surface area contributed by atoms with E-state index < -0.39 is 0 Å². The number of carbonyl (C=O) groups is 1. The smallest absolute Gasteiger partial charge is 0.253 e. The number of amides is 1. The lowest BCUT2D eigenvalue weighted by Gasteiger charge is -2.26. The summed E-state index contributed by atoms with van der Waals surface area (Å²) in [6.45, 7) is 3.81. The number of nitrogens with zero attached hydrogens (tertiary/aromatic N) is 1. The number of hydrogen-bond donors (Lipinski definition) is 0. The van der Waals surface area contributed by atoms with Crippen LogP contribution < -0.4 is 0 Å². The largest absolute Gasteiger partial charge is 0.377 e. The van der Waals surface area contributed by atoms with Crippen LogP contribution in [0, 0.1) is 0 Å². The second-order valence-electron chi connectivity index (χ2n) is 6.43. The Hall–Kier alpha value is -2.13. The highest BCUT2D eigenvalue weighted by atomic mass is 16.5. The molecule has 1 saturated heterocycles. The third-order valence-electron chi connectivity index (χ3n) is 4.84. The van der Waals surface area contributed by atoms with Crippen molar-refractivity contribution in [3.8, 4) is 11.1 Å². The van der Waals surface area contributed by atoms with Crippen molar-refractivity contribution in [1.29, 1.82) is 0 Å². The summed E-state index contributed by atoms with van der Waals surface area (Å²) in [4.78, 5) is 14.5. The van der Waals surface area contributed by atoms with Crippen LogP contribution in [0.15, 0.2) is 48.5 Å². The molecule has 2 aromatic carbocycles. The van der Waals surface area contributed by atoms with Crippen LogP contribution >= 0.6 is 0 Å². The lowest BCUT2D eigenvalue weighted by molar-refractivity contribution is 0.0724. The SMILES string of the molecule is CO[C@@H](C)c1ccc(-c2ccc(C(=O)N3CCCCC3)cc2)cc1. The van der Waals surface area contributed by atoms with Gasteiger partial charge in [-0.05, 0) is 55.0 Å². The standard InChI is InChI=1S/C21H25NO2/c1-16(24-2)17-6-8-18(9-7-17)19-10-12-20(13-11-19)21(23)22-14-4-3-5-15-22/h6-13,16H,3-5,14-15H2,1-2H3/t16-/m0/s1. The van der Waals surface area contributed by atoms with Crippen LogP contribution in [0.25, 0.3) is 11.1 Å². The van der Waals surface area contributed by atoms with Crippen molar-refractivity contribution in [2.24, 2.45) is 0 Å². The van der Waals surface area contributed by atoms with E-state index in [4.69, 9.17) is 4.74 Å². The van der Waals surface area contributed by atoms with Gasteiger partial charge in [-0.15, -0.1) is 0 Å². The Morgan fingerprint density at radius 1 is 0.917 bits per heavy atom. The van der Waals surface area contributed by atoms with E-state index in [2.05, 4.69) is 24.3 Å². The Morgan fingerprint density at radius 2 is 1.46 bits per heavy atom. The van der Waals surface area contributed by atoms with Crippen LogP contribution in [0.1, 0.15) is 48.2 Å². The molecule has 2 aromatic rings. The molecule has 0 radical (unpaired) electrons. The van der Waals surface area contributed by atoms with E-state index in [1.54, 1.807) is 7.11 Å². The summed E-state index contributed by atoms with van der Waals surface area (Å²) in [7, 11) is 1.72. The molecule has 1 aliphatic rings. The van der Waals surface area contributed by atoms with Gasteiger partial charge in [0.05, 0.1) is 6.10 Å². The number of piperidine rings is 1. The molecule has 1 atom stereocenters. The van der Waals surface area contributed by atoms with Crippen LogP contribution in [0.5, 0.6) is 0 Å². The van der Waals surface area contributed by atoms with E-state index in [1.165, 1.54) is 6.42 Å². The molecule has 0 aromatic heterocycles. The zero-order valence-corrected chi connectivity index (χ0v) is 14.5. The van der Waals surface area contributed by atoms with E-state index in [-0.39, 0.29) is 12.0 Å². The van der Waals surface area contributed by atoms with Gasteiger partial charge in [-0.25, -0.2) is 0 Å². The average Bonchev–Trinajstić information content (AvgIpc) is 2.68. The van der Waals surface area contributed by atoms with E-state index in [0.29, 0.717) is 0 Å². The van der Waals surface area contributed by atoms with Crippen LogP contribution in [-0.2, 0) is 4.74 Å². The van der Waals surface area contributed by atoms with E-state index in [0.717, 1.165) is 48.2 Å². The summed E-state index contributed by atoms with van der Waals surface area (Å²) in [6, 6.07) is 16.3. The fourth-order valence-corrected chi connectivity index (χ4v) is 3.17. The van der Waals surface area contributed by atoms with E-state index >= 15 is 0 Å². The van der Waals surface area contributed by atoms with E-state index in [1.807, 2.05) is 36.1 Å². The Morgan fingerprint density at radius 3 is 2.00 bits per heavy atom. The molecule has 3 heteroatoms. The van der Waals surface area contributed by atoms with Crippen molar-refractivity contribution < 1.29 is 9.53 Å². The fourth-order valence-electron chi connectivity index (χ4n) is 3.17. The molecule has 3 rings (SSSR count). The molecule has 0 spiro atoms. The molecule has 1 amide bonds. The zero-order valence-electron chi connectivity index (χ0n) is 14.5. The van der Waals surface area contributed by atoms with Crippen LogP contribution in [0.2, 0.25) is 0 Å². The Kier molecular flexibility index (Phi) is 5.31. The fraction of sp³-hybridized carbons (Fsp3) is 0.381. The van der Waals surface area contributed by atoms with Crippen LogP contribution in [0.3, 0.4) is 0 Å². The van der Waals surface area contributed by atoms with Gasteiger partial charge >= 0.3 is 0 Å². The van der Waals surface area contributed by atoms with Crippen LogP contribution in [-0.4, -0.2) is 31.0 Å². The second kappa shape index (κ2) is 7.63. The predicted octanol–water partition coefficient (Wildman–Crippen LogP) is 4.69. The summed E-state index contributed by atoms with van der Waals surface area (Å²) >= 11 is 0. The lowest BCUT2D eigenvalue weighted by Crippen LogP contribution is -2.35. The third kappa shape index (κ3) is 3.68. The maximum Gasteiger partial charge on any atom is 0.253 e. The van der Waals surface area contributed by atoms with Gasteiger partial charge in [0, 0.05) is 25.8 Å². The first-order valence-corrected chi connectivity index (χ1v) is 8.71. The topological polar surface area (TPSA) is 29.5 Å². The molecule has 24 heavy (non-hydrogen) atoms. The molecular weight excluding hydrogens is 298 g/mol. The number of benzene rings is 2. The highest BCUT2D eigenvalue weighted by Crippen LogP contribution is 2.24. The van der Waals surface area contributed by atoms with Gasteiger partial charge in [-0.3, -0.25) is 4.79 Å². The number of likely N-dealkylation sites (tertiary alicyclic amines) is 1. The van der Waals surface area contributed by atoms with Gasteiger partial charge in [0.1, 0.15) is 0 Å². The second-order valence-corrected chi connectivity index (χ2v) is 6.43. The lowest BCUT2D eigenvalue weighted by atomic mass is 10.0. The molecule has 3 nitrogen and oxygen atoms in total. The van der Waals surface area contributed by atoms with Gasteiger partial charge in [-0.1, -0.05) is 36.4 Å². The van der Waals surface area contributed by atoms with Crippen molar-refractivity contribution in [2.75, 3.05) is 20.2 Å². The monoisotopic (exact) mass is 323 g/mol. The molecule has 1 heterocycles. The first-order valence-electron chi connectivity index (χ1n) is 8.71. The van der Waals surface area contributed by atoms with Gasteiger partial charge in [0.25, 0.3) is 5.91 Å². The third-order valence-corrected chi connectivity index (χ3v) is 4.84. The minimum atomic E-state index is 0.101. The number of carbonyl (C=O) groups excluding carboxylic acids is 1. The normalized spacial score (nSPS) is 16.0. The minimum absolute atomic E-state index is 0.101. The van der Waals surface area contributed by atoms with Crippen molar-refractivity contribution >= 4 is 5.91 Å². The van der Waals surface area contributed by atoms with E-state index in [9.17, 15) is 4.79 Å². The minimum Gasteiger partial charge on any atom is -0.377 e. The Labute approximate surface area is 144 Å². The summed E-state index contributed by atoms with van der Waals surface area (Å²) in [5.74, 6) is 0.158. The molecule has 1 fully saturated rings.